The third-order valence-electron chi connectivity index (χ3n) is 2.30. The fourth-order valence-corrected chi connectivity index (χ4v) is 1.36. The molecule has 0 radical (unpaired) electrons. The van der Waals surface area contributed by atoms with Gasteiger partial charge in [0.15, 0.2) is 0 Å². The second-order valence-electron chi connectivity index (χ2n) is 3.77. The van der Waals surface area contributed by atoms with E-state index >= 15 is 0 Å². The van der Waals surface area contributed by atoms with Crippen LogP contribution in [0.15, 0.2) is 24.3 Å². The van der Waals surface area contributed by atoms with Crippen molar-refractivity contribution in [1.29, 1.82) is 0 Å². The molecule has 1 amide bonds. The van der Waals surface area contributed by atoms with Crippen LogP contribution in [0.25, 0.3) is 0 Å². The number of amides is 1. The summed E-state index contributed by atoms with van der Waals surface area (Å²) in [5, 5.41) is 11.0. The van der Waals surface area contributed by atoms with Crippen molar-refractivity contribution in [1.82, 2.24) is 5.32 Å². The Hall–Kier alpha value is -2.24. The molecule has 0 saturated carbocycles. The van der Waals surface area contributed by atoms with Crippen LogP contribution < -0.4 is 14.8 Å². The lowest BCUT2D eigenvalue weighted by Gasteiger charge is -2.08. The number of carbonyl (C=O) groups is 2. The molecular weight excluding hydrogens is 250 g/mol. The average molecular weight is 267 g/mol. The van der Waals surface area contributed by atoms with Crippen LogP contribution in [0.4, 0.5) is 0 Å². The van der Waals surface area contributed by atoms with Crippen LogP contribution in [0.5, 0.6) is 11.5 Å². The molecule has 6 heteroatoms. The zero-order valence-electron chi connectivity index (χ0n) is 10.7. The second-order valence-corrected chi connectivity index (χ2v) is 3.77. The number of aliphatic carboxylic acids is 1. The summed E-state index contributed by atoms with van der Waals surface area (Å²) in [6.07, 6.45) is -0.183. The van der Waals surface area contributed by atoms with E-state index in [2.05, 4.69) is 5.32 Å². The van der Waals surface area contributed by atoms with E-state index in [9.17, 15) is 9.59 Å². The average Bonchev–Trinajstić information content (AvgIpc) is 2.41. The first-order valence-electron chi connectivity index (χ1n) is 5.87. The van der Waals surface area contributed by atoms with Crippen LogP contribution >= 0.6 is 0 Å². The van der Waals surface area contributed by atoms with Crippen molar-refractivity contribution >= 4 is 11.9 Å². The Morgan fingerprint density at radius 2 is 2.00 bits per heavy atom. The van der Waals surface area contributed by atoms with Gasteiger partial charge < -0.3 is 19.9 Å². The van der Waals surface area contributed by atoms with Crippen LogP contribution in [0.2, 0.25) is 0 Å². The minimum Gasteiger partial charge on any atom is -0.497 e. The van der Waals surface area contributed by atoms with Gasteiger partial charge in [-0.2, -0.15) is 0 Å². The molecule has 6 nitrogen and oxygen atoms in total. The number of carbonyl (C=O) groups excluding carboxylic acids is 1. The smallest absolute Gasteiger partial charge is 0.303 e. The van der Waals surface area contributed by atoms with Crippen LogP contribution in [-0.4, -0.2) is 37.2 Å². The van der Waals surface area contributed by atoms with Crippen molar-refractivity contribution in [3.8, 4) is 11.5 Å². The third kappa shape index (κ3) is 6.30. The number of benzene rings is 1. The molecule has 0 unspecified atom stereocenters. The molecule has 0 aromatic heterocycles. The maximum Gasteiger partial charge on any atom is 0.303 e. The number of methoxy groups -OCH3 is 1. The van der Waals surface area contributed by atoms with Crippen LogP contribution in [-0.2, 0) is 9.59 Å². The third-order valence-corrected chi connectivity index (χ3v) is 2.30. The summed E-state index contributed by atoms with van der Waals surface area (Å²) in [6.45, 7) is 0.641. The van der Waals surface area contributed by atoms with Gasteiger partial charge in [0.05, 0.1) is 20.1 Å². The summed E-state index contributed by atoms with van der Waals surface area (Å²) in [6, 6.07) is 7.14. The van der Waals surface area contributed by atoms with E-state index in [0.717, 1.165) is 0 Å². The van der Waals surface area contributed by atoms with Crippen molar-refractivity contribution < 1.29 is 24.2 Å². The van der Waals surface area contributed by atoms with E-state index in [1.807, 2.05) is 0 Å². The zero-order chi connectivity index (χ0) is 14.1. The molecule has 0 aliphatic heterocycles. The molecule has 0 saturated heterocycles. The van der Waals surface area contributed by atoms with E-state index in [1.54, 1.807) is 31.4 Å². The molecule has 0 aliphatic carbocycles. The first-order valence-corrected chi connectivity index (χ1v) is 5.87. The van der Waals surface area contributed by atoms with Crippen molar-refractivity contribution in [3.05, 3.63) is 24.3 Å². The Kier molecular flexibility index (Phi) is 6.21. The lowest BCUT2D eigenvalue weighted by molar-refractivity contribution is -0.138. The molecule has 19 heavy (non-hydrogen) atoms. The van der Waals surface area contributed by atoms with Crippen LogP contribution in [0.1, 0.15) is 12.8 Å². The van der Waals surface area contributed by atoms with E-state index < -0.39 is 5.97 Å². The lowest BCUT2D eigenvalue weighted by Crippen LogP contribution is -2.28. The molecule has 0 spiro atoms. The Bertz CT molecular complexity index is 433. The number of carboxylic acids is 1. The van der Waals surface area contributed by atoms with Crippen molar-refractivity contribution in [3.63, 3.8) is 0 Å². The van der Waals surface area contributed by atoms with Crippen molar-refractivity contribution in [2.45, 2.75) is 12.8 Å². The minimum absolute atomic E-state index is 0.0194. The lowest BCUT2D eigenvalue weighted by atomic mass is 10.3. The molecule has 0 bridgehead atoms. The van der Waals surface area contributed by atoms with Gasteiger partial charge in [-0.15, -0.1) is 0 Å². The summed E-state index contributed by atoms with van der Waals surface area (Å²) >= 11 is 0. The van der Waals surface area contributed by atoms with Gasteiger partial charge in [0.25, 0.3) is 0 Å². The Balaban J connectivity index is 2.19. The summed E-state index contributed by atoms with van der Waals surface area (Å²) in [4.78, 5) is 21.5. The predicted molar refractivity (Wildman–Crippen MR) is 68.4 cm³/mol. The molecule has 1 rings (SSSR count). The van der Waals surface area contributed by atoms with Crippen LogP contribution in [0, 0.1) is 0 Å². The molecule has 0 fully saturated rings. The number of hydrogen-bond acceptors (Lipinski definition) is 4. The molecular formula is C13H17NO5. The summed E-state index contributed by atoms with van der Waals surface area (Å²) in [5.74, 6) is 0.0709. The van der Waals surface area contributed by atoms with Gasteiger partial charge >= 0.3 is 5.97 Å². The minimum atomic E-state index is -0.984. The monoisotopic (exact) mass is 267 g/mol. The molecule has 2 N–H and O–H groups in total. The fraction of sp³-hybridized carbons (Fsp3) is 0.385. The van der Waals surface area contributed by atoms with Gasteiger partial charge in [-0.1, -0.05) is 6.07 Å². The fourth-order valence-electron chi connectivity index (χ4n) is 1.36. The SMILES string of the molecule is COc1cccc(OCCNC(=O)CCC(=O)O)c1. The Labute approximate surface area is 111 Å². The quantitative estimate of drug-likeness (QED) is 0.688. The van der Waals surface area contributed by atoms with Gasteiger partial charge in [0, 0.05) is 12.5 Å². The summed E-state index contributed by atoms with van der Waals surface area (Å²) in [5.41, 5.74) is 0. The van der Waals surface area contributed by atoms with Gasteiger partial charge in [0.1, 0.15) is 18.1 Å². The highest BCUT2D eigenvalue weighted by Crippen LogP contribution is 2.18. The normalized spacial score (nSPS) is 9.74. The number of rotatable bonds is 8. The van der Waals surface area contributed by atoms with Gasteiger partial charge in [0.2, 0.25) is 5.91 Å². The number of carboxylic acid groups (broad SMARTS) is 1. The first-order chi connectivity index (χ1) is 9.11. The highest BCUT2D eigenvalue weighted by atomic mass is 16.5. The second kappa shape index (κ2) is 7.97. The topological polar surface area (TPSA) is 84.9 Å². The van der Waals surface area contributed by atoms with Gasteiger partial charge in [-0.25, -0.2) is 0 Å². The highest BCUT2D eigenvalue weighted by Gasteiger charge is 2.04. The maximum absolute atomic E-state index is 11.2. The number of ether oxygens (including phenoxy) is 2. The number of hydrogen-bond donors (Lipinski definition) is 2. The highest BCUT2D eigenvalue weighted by molar-refractivity contribution is 5.80. The van der Waals surface area contributed by atoms with E-state index in [0.29, 0.717) is 24.7 Å². The summed E-state index contributed by atoms with van der Waals surface area (Å²) < 4.78 is 10.5. The van der Waals surface area contributed by atoms with E-state index in [-0.39, 0.29) is 18.7 Å². The van der Waals surface area contributed by atoms with E-state index in [1.165, 1.54) is 0 Å². The predicted octanol–water partition coefficient (Wildman–Crippen LogP) is 1.05. The van der Waals surface area contributed by atoms with E-state index in [4.69, 9.17) is 14.6 Å². The summed E-state index contributed by atoms with van der Waals surface area (Å²) in [7, 11) is 1.57. The molecule has 0 heterocycles. The molecule has 104 valence electrons. The molecule has 1 aromatic rings. The van der Waals surface area contributed by atoms with Crippen molar-refractivity contribution in [2.24, 2.45) is 0 Å². The standard InChI is InChI=1S/C13H17NO5/c1-18-10-3-2-4-11(9-10)19-8-7-14-12(15)5-6-13(16)17/h2-4,9H,5-8H2,1H3,(H,14,15)(H,16,17). The Morgan fingerprint density at radius 1 is 1.26 bits per heavy atom. The van der Waals surface area contributed by atoms with Crippen molar-refractivity contribution in [2.75, 3.05) is 20.3 Å². The zero-order valence-corrected chi connectivity index (χ0v) is 10.7. The largest absolute Gasteiger partial charge is 0.497 e. The van der Waals surface area contributed by atoms with Crippen LogP contribution in [0.3, 0.4) is 0 Å². The van der Waals surface area contributed by atoms with Gasteiger partial charge in [-0.3, -0.25) is 9.59 Å². The number of nitrogens with one attached hydrogen (secondary N) is 1. The molecule has 0 aliphatic rings. The maximum atomic E-state index is 11.2. The molecule has 1 aromatic carbocycles. The first kappa shape index (κ1) is 14.8. The molecule has 0 atom stereocenters. The Morgan fingerprint density at radius 3 is 2.68 bits per heavy atom. The van der Waals surface area contributed by atoms with Gasteiger partial charge in [-0.05, 0) is 12.1 Å².